The van der Waals surface area contributed by atoms with Crippen molar-refractivity contribution in [3.63, 3.8) is 0 Å². The Labute approximate surface area is 115 Å². The number of methoxy groups -OCH3 is 1. The molecule has 0 bridgehead atoms. The van der Waals surface area contributed by atoms with E-state index in [4.69, 9.17) is 5.73 Å². The van der Waals surface area contributed by atoms with Crippen molar-refractivity contribution in [2.24, 2.45) is 0 Å². The fourth-order valence-electron chi connectivity index (χ4n) is 1.46. The van der Waals surface area contributed by atoms with Crippen molar-refractivity contribution >= 4 is 15.7 Å². The van der Waals surface area contributed by atoms with Crippen LogP contribution < -0.4 is 10.5 Å². The zero-order chi connectivity index (χ0) is 15.3. The maximum atomic E-state index is 13.4. The quantitative estimate of drug-likeness (QED) is 0.626. The lowest BCUT2D eigenvalue weighted by atomic mass is 10.3. The molecule has 20 heavy (non-hydrogen) atoms. The molecule has 1 atom stereocenters. The highest BCUT2D eigenvalue weighted by Crippen LogP contribution is 2.20. The van der Waals surface area contributed by atoms with Crippen LogP contribution in [0, 0.1) is 11.6 Å². The second-order valence-corrected chi connectivity index (χ2v) is 5.84. The molecule has 6 nitrogen and oxygen atoms in total. The van der Waals surface area contributed by atoms with Crippen LogP contribution in [0.15, 0.2) is 17.0 Å². The highest BCUT2D eigenvalue weighted by molar-refractivity contribution is 7.89. The summed E-state index contributed by atoms with van der Waals surface area (Å²) in [6, 6.07) is 1.11. The molecule has 0 saturated heterocycles. The molecular formula is C11H16F2N2O4S. The van der Waals surface area contributed by atoms with Crippen molar-refractivity contribution in [3.8, 4) is 0 Å². The van der Waals surface area contributed by atoms with E-state index >= 15 is 0 Å². The van der Waals surface area contributed by atoms with Gasteiger partial charge < -0.3 is 15.6 Å². The normalized spacial score (nSPS) is 13.4. The molecule has 0 aromatic heterocycles. The minimum atomic E-state index is -4.16. The highest BCUT2D eigenvalue weighted by Gasteiger charge is 2.21. The summed E-state index contributed by atoms with van der Waals surface area (Å²) in [5, 5.41) is 9.35. The van der Waals surface area contributed by atoms with E-state index in [2.05, 4.69) is 9.46 Å². The van der Waals surface area contributed by atoms with E-state index in [-0.39, 0.29) is 19.6 Å². The third-order valence-electron chi connectivity index (χ3n) is 2.47. The number of aliphatic hydroxyl groups is 1. The molecule has 0 aliphatic rings. The van der Waals surface area contributed by atoms with Crippen LogP contribution in [0.2, 0.25) is 0 Å². The average Bonchev–Trinajstić information content (AvgIpc) is 2.33. The molecule has 0 spiro atoms. The van der Waals surface area contributed by atoms with Gasteiger partial charge in [-0.1, -0.05) is 0 Å². The lowest BCUT2D eigenvalue weighted by Crippen LogP contribution is -2.29. The van der Waals surface area contributed by atoms with Crippen LogP contribution >= 0.6 is 0 Å². The lowest BCUT2D eigenvalue weighted by molar-refractivity contribution is 0.0603. The maximum absolute atomic E-state index is 13.4. The summed E-state index contributed by atoms with van der Waals surface area (Å²) >= 11 is 0. The fourth-order valence-corrected chi connectivity index (χ4v) is 2.60. The molecule has 1 aromatic rings. The number of hydrogen-bond donors (Lipinski definition) is 3. The van der Waals surface area contributed by atoms with Crippen LogP contribution in [0.1, 0.15) is 6.42 Å². The largest absolute Gasteiger partial charge is 0.396 e. The van der Waals surface area contributed by atoms with E-state index in [1.807, 2.05) is 0 Å². The van der Waals surface area contributed by atoms with Gasteiger partial charge in [-0.3, -0.25) is 0 Å². The third kappa shape index (κ3) is 4.37. The molecule has 0 saturated carbocycles. The monoisotopic (exact) mass is 310 g/mol. The molecule has 9 heteroatoms. The number of benzene rings is 1. The Morgan fingerprint density at radius 1 is 1.40 bits per heavy atom. The Morgan fingerprint density at radius 3 is 2.65 bits per heavy atom. The first-order valence-electron chi connectivity index (χ1n) is 5.69. The van der Waals surface area contributed by atoms with Gasteiger partial charge >= 0.3 is 0 Å². The maximum Gasteiger partial charge on any atom is 0.243 e. The molecular weight excluding hydrogens is 294 g/mol. The highest BCUT2D eigenvalue weighted by atomic mass is 32.2. The van der Waals surface area contributed by atoms with Crippen LogP contribution in [0.4, 0.5) is 14.5 Å². The molecule has 0 amide bonds. The number of nitrogens with one attached hydrogen (secondary N) is 1. The number of aliphatic hydroxyl groups excluding tert-OH is 1. The van der Waals surface area contributed by atoms with Gasteiger partial charge in [0.05, 0.1) is 18.4 Å². The lowest BCUT2D eigenvalue weighted by Gasteiger charge is -2.11. The predicted octanol–water partition coefficient (Wildman–Crippen LogP) is 0.223. The average molecular weight is 310 g/mol. The van der Waals surface area contributed by atoms with Gasteiger partial charge in [0.1, 0.15) is 16.5 Å². The fraction of sp³-hybridized carbons (Fsp3) is 0.455. The molecule has 0 radical (unpaired) electrons. The summed E-state index contributed by atoms with van der Waals surface area (Å²) in [7, 11) is -2.77. The smallest absolute Gasteiger partial charge is 0.243 e. The van der Waals surface area contributed by atoms with Gasteiger partial charge in [-0.2, -0.15) is 0 Å². The minimum absolute atomic E-state index is 0.0551. The summed E-state index contributed by atoms with van der Waals surface area (Å²) in [5.41, 5.74) is 4.75. The number of nitrogen functional groups attached to an aromatic ring is 1. The van der Waals surface area contributed by atoms with Crippen molar-refractivity contribution < 1.29 is 27.0 Å². The molecule has 0 aliphatic carbocycles. The number of sulfonamides is 1. The van der Waals surface area contributed by atoms with E-state index in [1.165, 1.54) is 7.11 Å². The number of anilines is 1. The number of halogens is 2. The van der Waals surface area contributed by atoms with E-state index < -0.39 is 38.3 Å². The van der Waals surface area contributed by atoms with Crippen molar-refractivity contribution in [1.82, 2.24) is 4.72 Å². The second kappa shape index (κ2) is 6.93. The summed E-state index contributed by atoms with van der Waals surface area (Å²) in [4.78, 5) is -0.738. The first-order chi connectivity index (χ1) is 9.27. The number of ether oxygens (including phenoxy) is 1. The van der Waals surface area contributed by atoms with Gasteiger partial charge in [0.2, 0.25) is 10.0 Å². The summed E-state index contributed by atoms with van der Waals surface area (Å²) < 4.78 is 56.8. The van der Waals surface area contributed by atoms with E-state index in [0.717, 1.165) is 0 Å². The summed E-state index contributed by atoms with van der Waals surface area (Å²) in [6.07, 6.45) is -0.753. The van der Waals surface area contributed by atoms with Crippen molar-refractivity contribution in [1.29, 1.82) is 0 Å². The molecule has 1 aromatic carbocycles. The standard InChI is InChI=1S/C11H16F2N2O4S/c1-19-6-7(16)2-3-15-20(17,18)11-5-10(14)8(12)4-9(11)13/h4-5,7,15-16H,2-3,6,14H2,1H3. The van der Waals surface area contributed by atoms with Crippen LogP contribution in [0.25, 0.3) is 0 Å². The number of hydrogen-bond acceptors (Lipinski definition) is 5. The molecule has 0 fully saturated rings. The van der Waals surface area contributed by atoms with Crippen LogP contribution in [0.5, 0.6) is 0 Å². The SMILES string of the molecule is COCC(O)CCNS(=O)(=O)c1cc(N)c(F)cc1F. The zero-order valence-corrected chi connectivity index (χ0v) is 11.6. The Kier molecular flexibility index (Phi) is 5.81. The predicted molar refractivity (Wildman–Crippen MR) is 68.5 cm³/mol. The van der Waals surface area contributed by atoms with Gasteiger partial charge in [0, 0.05) is 19.7 Å². The first-order valence-corrected chi connectivity index (χ1v) is 7.17. The molecule has 0 aliphatic heterocycles. The van der Waals surface area contributed by atoms with Gasteiger partial charge in [0.25, 0.3) is 0 Å². The van der Waals surface area contributed by atoms with Gasteiger partial charge in [-0.25, -0.2) is 21.9 Å². The third-order valence-corrected chi connectivity index (χ3v) is 3.95. The second-order valence-electron chi connectivity index (χ2n) is 4.10. The van der Waals surface area contributed by atoms with Crippen molar-refractivity contribution in [2.75, 3.05) is 26.0 Å². The molecule has 4 N–H and O–H groups in total. The topological polar surface area (TPSA) is 102 Å². The minimum Gasteiger partial charge on any atom is -0.396 e. The van der Waals surface area contributed by atoms with E-state index in [0.29, 0.717) is 12.1 Å². The van der Waals surface area contributed by atoms with Gasteiger partial charge in [0.15, 0.2) is 0 Å². The van der Waals surface area contributed by atoms with Gasteiger partial charge in [-0.15, -0.1) is 0 Å². The number of rotatable bonds is 7. The molecule has 1 unspecified atom stereocenters. The number of nitrogens with two attached hydrogens (primary N) is 1. The van der Waals surface area contributed by atoms with Crippen molar-refractivity contribution in [2.45, 2.75) is 17.4 Å². The van der Waals surface area contributed by atoms with Crippen LogP contribution in [-0.2, 0) is 14.8 Å². The Bertz CT molecular complexity index is 566. The molecule has 114 valence electrons. The van der Waals surface area contributed by atoms with Crippen LogP contribution in [-0.4, -0.2) is 39.9 Å². The first kappa shape index (κ1) is 16.8. The Hall–Kier alpha value is -1.29. The van der Waals surface area contributed by atoms with Crippen LogP contribution in [0.3, 0.4) is 0 Å². The molecule has 0 heterocycles. The molecule has 1 rings (SSSR count). The zero-order valence-electron chi connectivity index (χ0n) is 10.8. The van der Waals surface area contributed by atoms with Crippen molar-refractivity contribution in [3.05, 3.63) is 23.8 Å². The Balaban J connectivity index is 2.77. The Morgan fingerprint density at radius 2 is 2.05 bits per heavy atom. The van der Waals surface area contributed by atoms with E-state index in [1.54, 1.807) is 0 Å². The summed E-state index contributed by atoms with van der Waals surface area (Å²) in [6.45, 7) is -0.0663. The summed E-state index contributed by atoms with van der Waals surface area (Å²) in [5.74, 6) is -2.27. The van der Waals surface area contributed by atoms with Gasteiger partial charge in [-0.05, 0) is 12.5 Å². The van der Waals surface area contributed by atoms with E-state index in [9.17, 15) is 22.3 Å².